The quantitative estimate of drug-likeness (QED) is 0.901. The van der Waals surface area contributed by atoms with Crippen LogP contribution < -0.4 is 10.5 Å². The Morgan fingerprint density at radius 3 is 2.57 bits per heavy atom. The molecular weight excluding hydrogens is 260 g/mol. The average molecular weight is 288 g/mol. The van der Waals surface area contributed by atoms with E-state index < -0.39 is 0 Å². The van der Waals surface area contributed by atoms with E-state index in [0.29, 0.717) is 6.61 Å². The summed E-state index contributed by atoms with van der Waals surface area (Å²) >= 11 is 0. The number of hydrogen-bond donors (Lipinski definition) is 1. The Morgan fingerprint density at radius 1 is 1.19 bits per heavy atom. The van der Waals surface area contributed by atoms with Gasteiger partial charge in [-0.1, -0.05) is 25.0 Å². The van der Waals surface area contributed by atoms with Crippen molar-refractivity contribution >= 4 is 0 Å². The van der Waals surface area contributed by atoms with E-state index in [1.165, 1.54) is 57.2 Å². The molecule has 1 aliphatic carbocycles. The normalized spacial score (nSPS) is 23.3. The van der Waals surface area contributed by atoms with Crippen molar-refractivity contribution < 1.29 is 4.74 Å². The molecule has 2 fully saturated rings. The molecule has 1 saturated heterocycles. The maximum atomic E-state index is 6.78. The molecule has 116 valence electrons. The average Bonchev–Trinajstić information content (AvgIpc) is 3.19. The van der Waals surface area contributed by atoms with Gasteiger partial charge in [0.2, 0.25) is 0 Å². The number of likely N-dealkylation sites (tertiary alicyclic amines) is 1. The predicted molar refractivity (Wildman–Crippen MR) is 86.5 cm³/mol. The minimum absolute atomic E-state index is 0.0958. The van der Waals surface area contributed by atoms with E-state index in [1.807, 2.05) is 13.0 Å². The van der Waals surface area contributed by atoms with Crippen molar-refractivity contribution in [2.75, 3.05) is 19.7 Å². The summed E-state index contributed by atoms with van der Waals surface area (Å²) in [4.78, 5) is 2.68. The fourth-order valence-corrected chi connectivity index (χ4v) is 4.25. The Labute approximate surface area is 128 Å². The van der Waals surface area contributed by atoms with Crippen LogP contribution >= 0.6 is 0 Å². The van der Waals surface area contributed by atoms with Gasteiger partial charge in [-0.05, 0) is 63.4 Å². The van der Waals surface area contributed by atoms with E-state index in [1.54, 1.807) is 0 Å². The van der Waals surface area contributed by atoms with Crippen LogP contribution in [0.1, 0.15) is 57.1 Å². The largest absolute Gasteiger partial charge is 0.494 e. The summed E-state index contributed by atoms with van der Waals surface area (Å²) in [5.74, 6) is 0.944. The molecule has 1 heterocycles. The molecule has 0 aromatic heterocycles. The SMILES string of the molecule is CCOc1cccc(C(N)C2(N3CCCC3)CCCC2)c1. The van der Waals surface area contributed by atoms with Crippen molar-refractivity contribution in [3.05, 3.63) is 29.8 Å². The number of benzene rings is 1. The molecule has 1 saturated carbocycles. The van der Waals surface area contributed by atoms with Gasteiger partial charge in [0, 0.05) is 11.6 Å². The molecule has 0 amide bonds. The number of ether oxygens (including phenoxy) is 1. The third kappa shape index (κ3) is 2.82. The zero-order valence-corrected chi connectivity index (χ0v) is 13.2. The summed E-state index contributed by atoms with van der Waals surface area (Å²) < 4.78 is 5.65. The van der Waals surface area contributed by atoms with Crippen LogP contribution in [0.15, 0.2) is 24.3 Å². The van der Waals surface area contributed by atoms with Crippen LogP contribution in [0.4, 0.5) is 0 Å². The van der Waals surface area contributed by atoms with Crippen LogP contribution in [-0.2, 0) is 0 Å². The van der Waals surface area contributed by atoms with Gasteiger partial charge in [-0.2, -0.15) is 0 Å². The van der Waals surface area contributed by atoms with Crippen molar-refractivity contribution in [3.8, 4) is 5.75 Å². The highest BCUT2D eigenvalue weighted by molar-refractivity contribution is 5.33. The van der Waals surface area contributed by atoms with Gasteiger partial charge in [-0.3, -0.25) is 4.90 Å². The highest BCUT2D eigenvalue weighted by atomic mass is 16.5. The summed E-state index contributed by atoms with van der Waals surface area (Å²) in [7, 11) is 0. The number of hydrogen-bond acceptors (Lipinski definition) is 3. The topological polar surface area (TPSA) is 38.5 Å². The first-order chi connectivity index (χ1) is 10.3. The van der Waals surface area contributed by atoms with E-state index in [0.717, 1.165) is 5.75 Å². The van der Waals surface area contributed by atoms with Gasteiger partial charge in [0.15, 0.2) is 0 Å². The zero-order valence-electron chi connectivity index (χ0n) is 13.2. The lowest BCUT2D eigenvalue weighted by Crippen LogP contribution is -2.52. The van der Waals surface area contributed by atoms with Gasteiger partial charge in [-0.25, -0.2) is 0 Å². The molecular formula is C18H28N2O. The second-order valence-electron chi connectivity index (χ2n) is 6.49. The van der Waals surface area contributed by atoms with Crippen LogP contribution in [0.3, 0.4) is 0 Å². The highest BCUT2D eigenvalue weighted by Crippen LogP contribution is 2.45. The first-order valence-electron chi connectivity index (χ1n) is 8.50. The first-order valence-corrected chi connectivity index (χ1v) is 8.50. The Hall–Kier alpha value is -1.06. The summed E-state index contributed by atoms with van der Waals surface area (Å²) in [5.41, 5.74) is 8.20. The Morgan fingerprint density at radius 2 is 1.90 bits per heavy atom. The van der Waals surface area contributed by atoms with Gasteiger partial charge in [0.05, 0.1) is 6.61 Å². The van der Waals surface area contributed by atoms with E-state index in [-0.39, 0.29) is 11.6 Å². The Balaban J connectivity index is 1.86. The molecule has 1 atom stereocenters. The minimum atomic E-state index is 0.0958. The summed E-state index contributed by atoms with van der Waals surface area (Å²) in [6, 6.07) is 8.51. The monoisotopic (exact) mass is 288 g/mol. The highest BCUT2D eigenvalue weighted by Gasteiger charge is 2.45. The summed E-state index contributed by atoms with van der Waals surface area (Å²) in [6.07, 6.45) is 7.77. The zero-order chi connectivity index (χ0) is 14.7. The first kappa shape index (κ1) is 14.9. The lowest BCUT2D eigenvalue weighted by Gasteiger charge is -2.43. The van der Waals surface area contributed by atoms with Crippen LogP contribution in [0.25, 0.3) is 0 Å². The van der Waals surface area contributed by atoms with Gasteiger partial charge in [0.1, 0.15) is 5.75 Å². The van der Waals surface area contributed by atoms with E-state index in [9.17, 15) is 0 Å². The van der Waals surface area contributed by atoms with E-state index in [4.69, 9.17) is 10.5 Å². The third-order valence-electron chi connectivity index (χ3n) is 5.31. The standard InChI is InChI=1S/C18H28N2O/c1-2-21-16-9-7-8-15(14-16)17(19)18(10-3-4-11-18)20-12-5-6-13-20/h7-9,14,17H,2-6,10-13,19H2,1H3. The molecule has 3 heteroatoms. The van der Waals surface area contributed by atoms with Gasteiger partial charge >= 0.3 is 0 Å². The molecule has 0 radical (unpaired) electrons. The Kier molecular flexibility index (Phi) is 4.51. The maximum absolute atomic E-state index is 6.78. The lowest BCUT2D eigenvalue weighted by molar-refractivity contribution is 0.0921. The van der Waals surface area contributed by atoms with Crippen LogP contribution in [0, 0.1) is 0 Å². The van der Waals surface area contributed by atoms with Crippen molar-refractivity contribution in [1.29, 1.82) is 0 Å². The fourth-order valence-electron chi connectivity index (χ4n) is 4.25. The summed E-state index contributed by atoms with van der Waals surface area (Å²) in [6.45, 7) is 5.17. The van der Waals surface area contributed by atoms with Crippen LogP contribution in [0.5, 0.6) is 5.75 Å². The van der Waals surface area contributed by atoms with E-state index >= 15 is 0 Å². The second-order valence-corrected chi connectivity index (χ2v) is 6.49. The molecule has 0 spiro atoms. The molecule has 2 aliphatic rings. The molecule has 1 aromatic rings. The van der Waals surface area contributed by atoms with E-state index in [2.05, 4.69) is 23.1 Å². The molecule has 0 bridgehead atoms. The second kappa shape index (κ2) is 6.37. The van der Waals surface area contributed by atoms with Crippen molar-refractivity contribution in [2.24, 2.45) is 5.73 Å². The third-order valence-corrected chi connectivity index (χ3v) is 5.31. The molecule has 1 aromatic carbocycles. The lowest BCUT2D eigenvalue weighted by atomic mass is 9.82. The number of nitrogens with zero attached hydrogens (tertiary/aromatic N) is 1. The van der Waals surface area contributed by atoms with Crippen LogP contribution in [0.2, 0.25) is 0 Å². The molecule has 2 N–H and O–H groups in total. The molecule has 1 aliphatic heterocycles. The molecule has 3 nitrogen and oxygen atoms in total. The van der Waals surface area contributed by atoms with Crippen molar-refractivity contribution in [3.63, 3.8) is 0 Å². The molecule has 1 unspecified atom stereocenters. The molecule has 3 rings (SSSR count). The number of nitrogens with two attached hydrogens (primary N) is 1. The van der Waals surface area contributed by atoms with Crippen molar-refractivity contribution in [1.82, 2.24) is 4.90 Å². The number of rotatable bonds is 5. The fraction of sp³-hybridized carbons (Fsp3) is 0.667. The minimum Gasteiger partial charge on any atom is -0.494 e. The van der Waals surface area contributed by atoms with Crippen molar-refractivity contribution in [2.45, 2.75) is 57.0 Å². The van der Waals surface area contributed by atoms with Gasteiger partial charge in [0.25, 0.3) is 0 Å². The van der Waals surface area contributed by atoms with Crippen LogP contribution in [-0.4, -0.2) is 30.1 Å². The Bertz CT molecular complexity index is 462. The van der Waals surface area contributed by atoms with Gasteiger partial charge < -0.3 is 10.5 Å². The smallest absolute Gasteiger partial charge is 0.119 e. The maximum Gasteiger partial charge on any atom is 0.119 e. The van der Waals surface area contributed by atoms with Gasteiger partial charge in [-0.15, -0.1) is 0 Å². The summed E-state index contributed by atoms with van der Waals surface area (Å²) in [5, 5.41) is 0. The predicted octanol–water partition coefficient (Wildman–Crippen LogP) is 3.49. The molecule has 21 heavy (non-hydrogen) atoms.